The minimum atomic E-state index is 0.303. The molecule has 0 saturated carbocycles. The van der Waals surface area contributed by atoms with E-state index in [2.05, 4.69) is 51.5 Å². The van der Waals surface area contributed by atoms with Crippen LogP contribution in [0.5, 0.6) is 0 Å². The number of nitrogen functional groups attached to an aromatic ring is 1. The van der Waals surface area contributed by atoms with Crippen molar-refractivity contribution >= 4 is 17.5 Å². The first-order valence-electron chi connectivity index (χ1n) is 10.2. The number of aromatic nitrogens is 2. The lowest BCUT2D eigenvalue weighted by Crippen LogP contribution is -2.38. The molecule has 26 heavy (non-hydrogen) atoms. The summed E-state index contributed by atoms with van der Waals surface area (Å²) in [7, 11) is 0. The minimum absolute atomic E-state index is 0.303. The summed E-state index contributed by atoms with van der Waals surface area (Å²) < 4.78 is 0. The lowest BCUT2D eigenvalue weighted by atomic mass is 9.94. The Morgan fingerprint density at radius 1 is 1.19 bits per heavy atom. The van der Waals surface area contributed by atoms with Gasteiger partial charge in [0.1, 0.15) is 0 Å². The molecular weight excluding hydrogens is 324 g/mol. The van der Waals surface area contributed by atoms with Crippen LogP contribution in [-0.4, -0.2) is 46.6 Å². The normalized spacial score (nSPS) is 26.6. The Kier molecular flexibility index (Phi) is 6.72. The molecule has 2 heterocycles. The number of hydrogen-bond donors (Lipinski definition) is 3. The summed E-state index contributed by atoms with van der Waals surface area (Å²) in [5, 5.41) is 6.80. The zero-order valence-corrected chi connectivity index (χ0v) is 16.2. The van der Waals surface area contributed by atoms with Crippen LogP contribution in [0.15, 0.2) is 18.3 Å². The highest BCUT2D eigenvalue weighted by molar-refractivity contribution is 5.62. The summed E-state index contributed by atoms with van der Waals surface area (Å²) in [5.41, 5.74) is 6.66. The van der Waals surface area contributed by atoms with E-state index in [-0.39, 0.29) is 0 Å². The third-order valence-electron chi connectivity index (χ3n) is 5.59. The highest BCUT2D eigenvalue weighted by Gasteiger charge is 2.17. The van der Waals surface area contributed by atoms with Crippen molar-refractivity contribution in [3.05, 3.63) is 18.3 Å². The average molecular weight is 359 g/mol. The molecule has 3 unspecified atom stereocenters. The predicted molar refractivity (Wildman–Crippen MR) is 109 cm³/mol. The first-order valence-corrected chi connectivity index (χ1v) is 10.2. The van der Waals surface area contributed by atoms with Gasteiger partial charge in [-0.25, -0.2) is 4.98 Å². The van der Waals surface area contributed by atoms with Crippen LogP contribution in [0.3, 0.4) is 0 Å². The molecule has 144 valence electrons. The van der Waals surface area contributed by atoms with Crippen LogP contribution in [0.2, 0.25) is 0 Å². The van der Waals surface area contributed by atoms with Gasteiger partial charge in [0.25, 0.3) is 0 Å². The molecule has 1 aromatic rings. The number of nitrogens with two attached hydrogens (primary N) is 1. The van der Waals surface area contributed by atoms with Crippen LogP contribution in [0.4, 0.5) is 17.5 Å². The number of rotatable bonds is 7. The fraction of sp³-hybridized carbons (Fsp3) is 0.700. The number of nitrogens with zero attached hydrogens (tertiary/aromatic N) is 3. The number of likely N-dealkylation sites (tertiary alicyclic amines) is 1. The molecular formula is C20H34N6. The molecule has 1 aliphatic heterocycles. The Morgan fingerprint density at radius 2 is 2.08 bits per heavy atom. The van der Waals surface area contributed by atoms with Crippen molar-refractivity contribution < 1.29 is 0 Å². The first kappa shape index (κ1) is 19.0. The number of anilines is 3. The molecule has 0 radical (unpaired) electrons. The SMILES string of the molecule is CC1C=CC(Nc2nc(NCCCN3CCCCC3C)ncc2N)CC1. The molecule has 1 fully saturated rings. The largest absolute Gasteiger partial charge is 0.394 e. The maximum Gasteiger partial charge on any atom is 0.224 e. The zero-order chi connectivity index (χ0) is 18.4. The van der Waals surface area contributed by atoms with Crippen molar-refractivity contribution in [2.75, 3.05) is 36.0 Å². The quantitative estimate of drug-likeness (QED) is 0.511. The average Bonchev–Trinajstić information content (AvgIpc) is 2.64. The topological polar surface area (TPSA) is 79.1 Å². The summed E-state index contributed by atoms with van der Waals surface area (Å²) in [5.74, 6) is 2.05. The van der Waals surface area contributed by atoms with Crippen molar-refractivity contribution in [1.29, 1.82) is 0 Å². The zero-order valence-electron chi connectivity index (χ0n) is 16.2. The minimum Gasteiger partial charge on any atom is -0.394 e. The Bertz CT molecular complexity index is 602. The van der Waals surface area contributed by atoms with E-state index in [1.165, 1.54) is 32.2 Å². The Balaban J connectivity index is 1.47. The number of allylic oxidation sites excluding steroid dienone is 1. The van der Waals surface area contributed by atoms with Crippen molar-refractivity contribution in [3.63, 3.8) is 0 Å². The maximum atomic E-state index is 6.06. The maximum absolute atomic E-state index is 6.06. The van der Waals surface area contributed by atoms with Gasteiger partial charge < -0.3 is 21.3 Å². The van der Waals surface area contributed by atoms with E-state index in [9.17, 15) is 0 Å². The van der Waals surface area contributed by atoms with Gasteiger partial charge in [0.2, 0.25) is 5.95 Å². The van der Waals surface area contributed by atoms with Crippen LogP contribution in [-0.2, 0) is 0 Å². The fourth-order valence-electron chi connectivity index (χ4n) is 3.82. The van der Waals surface area contributed by atoms with E-state index in [0.717, 1.165) is 37.8 Å². The van der Waals surface area contributed by atoms with Crippen LogP contribution >= 0.6 is 0 Å². The van der Waals surface area contributed by atoms with Crippen molar-refractivity contribution in [1.82, 2.24) is 14.9 Å². The highest BCUT2D eigenvalue weighted by atomic mass is 15.2. The molecule has 2 aliphatic rings. The lowest BCUT2D eigenvalue weighted by Gasteiger charge is -2.33. The molecule has 6 nitrogen and oxygen atoms in total. The molecule has 3 rings (SSSR count). The van der Waals surface area contributed by atoms with Gasteiger partial charge in [0.05, 0.1) is 11.9 Å². The van der Waals surface area contributed by atoms with Gasteiger partial charge in [0, 0.05) is 25.2 Å². The monoisotopic (exact) mass is 358 g/mol. The molecule has 1 aliphatic carbocycles. The number of piperidine rings is 1. The molecule has 0 aromatic carbocycles. The van der Waals surface area contributed by atoms with Crippen molar-refractivity contribution in [3.8, 4) is 0 Å². The van der Waals surface area contributed by atoms with Crippen LogP contribution < -0.4 is 16.4 Å². The lowest BCUT2D eigenvalue weighted by molar-refractivity contribution is 0.160. The molecule has 0 spiro atoms. The van der Waals surface area contributed by atoms with E-state index >= 15 is 0 Å². The number of nitrogens with one attached hydrogen (secondary N) is 2. The van der Waals surface area contributed by atoms with Gasteiger partial charge in [-0.05, 0) is 51.5 Å². The summed E-state index contributed by atoms with van der Waals surface area (Å²) in [6, 6.07) is 1.02. The Hall–Kier alpha value is -1.82. The molecule has 1 aromatic heterocycles. The van der Waals surface area contributed by atoms with E-state index in [4.69, 9.17) is 5.73 Å². The Morgan fingerprint density at radius 3 is 2.85 bits per heavy atom. The van der Waals surface area contributed by atoms with Crippen LogP contribution in [0.25, 0.3) is 0 Å². The fourth-order valence-corrected chi connectivity index (χ4v) is 3.82. The van der Waals surface area contributed by atoms with Crippen LogP contribution in [0, 0.1) is 5.92 Å². The van der Waals surface area contributed by atoms with Gasteiger partial charge in [-0.1, -0.05) is 25.5 Å². The van der Waals surface area contributed by atoms with E-state index in [0.29, 0.717) is 23.6 Å². The third-order valence-corrected chi connectivity index (χ3v) is 5.59. The first-order chi connectivity index (χ1) is 12.6. The van der Waals surface area contributed by atoms with Crippen LogP contribution in [0.1, 0.15) is 52.4 Å². The second kappa shape index (κ2) is 9.21. The van der Waals surface area contributed by atoms with Gasteiger partial charge in [-0.3, -0.25) is 0 Å². The molecule has 0 amide bonds. The van der Waals surface area contributed by atoms with Crippen molar-refractivity contribution in [2.24, 2.45) is 5.92 Å². The van der Waals surface area contributed by atoms with E-state index in [1.54, 1.807) is 6.20 Å². The molecule has 0 bridgehead atoms. The summed E-state index contributed by atoms with van der Waals surface area (Å²) >= 11 is 0. The standard InChI is InChI=1S/C20H34N6/c1-15-7-9-17(10-8-15)24-19-18(21)14-23-20(25-19)22-11-5-13-26-12-4-3-6-16(26)2/h7,9,14-17H,3-6,8,10-13,21H2,1-2H3,(H2,22,23,24,25). The second-order valence-electron chi connectivity index (χ2n) is 7.85. The summed E-state index contributed by atoms with van der Waals surface area (Å²) in [4.78, 5) is 11.5. The second-order valence-corrected chi connectivity index (χ2v) is 7.85. The predicted octanol–water partition coefficient (Wildman–Crippen LogP) is 3.50. The molecule has 1 saturated heterocycles. The molecule has 3 atom stereocenters. The van der Waals surface area contributed by atoms with E-state index in [1.807, 2.05) is 0 Å². The van der Waals surface area contributed by atoms with Crippen molar-refractivity contribution in [2.45, 2.75) is 64.5 Å². The van der Waals surface area contributed by atoms with Gasteiger partial charge in [-0.15, -0.1) is 0 Å². The van der Waals surface area contributed by atoms with Gasteiger partial charge >= 0.3 is 0 Å². The Labute approximate surface area is 157 Å². The van der Waals surface area contributed by atoms with Gasteiger partial charge in [-0.2, -0.15) is 4.98 Å². The highest BCUT2D eigenvalue weighted by Crippen LogP contribution is 2.23. The van der Waals surface area contributed by atoms with Gasteiger partial charge in [0.15, 0.2) is 5.82 Å². The smallest absolute Gasteiger partial charge is 0.224 e. The molecule has 4 N–H and O–H groups in total. The summed E-state index contributed by atoms with van der Waals surface area (Å²) in [6.07, 6.45) is 13.6. The number of hydrogen-bond acceptors (Lipinski definition) is 6. The summed E-state index contributed by atoms with van der Waals surface area (Å²) in [6.45, 7) is 7.85. The molecule has 6 heteroatoms. The third kappa shape index (κ3) is 5.34. The van der Waals surface area contributed by atoms with E-state index < -0.39 is 0 Å².